The first-order chi connectivity index (χ1) is 11.6. The molecule has 0 aliphatic heterocycles. The topological polar surface area (TPSA) is 76.7 Å². The van der Waals surface area contributed by atoms with E-state index < -0.39 is 6.09 Å². The molecule has 0 unspecified atom stereocenters. The summed E-state index contributed by atoms with van der Waals surface area (Å²) in [6.07, 6.45) is -0.575. The lowest BCUT2D eigenvalue weighted by Crippen LogP contribution is -2.17. The van der Waals surface area contributed by atoms with Gasteiger partial charge in [-0.25, -0.2) is 4.79 Å². The second kappa shape index (κ2) is 8.69. The van der Waals surface area contributed by atoms with Crippen molar-refractivity contribution in [1.29, 1.82) is 0 Å². The first-order valence-electron chi connectivity index (χ1n) is 7.49. The van der Waals surface area contributed by atoms with E-state index in [9.17, 15) is 9.59 Å². The van der Waals surface area contributed by atoms with Gasteiger partial charge in [0.05, 0.1) is 6.61 Å². The number of benzene rings is 2. The quantitative estimate of drug-likeness (QED) is 0.796. The summed E-state index contributed by atoms with van der Waals surface area (Å²) in [5.41, 5.74) is 2.69. The smallest absolute Gasteiger partial charge is 0.411 e. The van der Waals surface area contributed by atoms with Gasteiger partial charge in [-0.05, 0) is 37.3 Å². The molecule has 0 radical (unpaired) electrons. The van der Waals surface area contributed by atoms with Gasteiger partial charge in [-0.15, -0.1) is 0 Å². The van der Waals surface area contributed by atoms with Gasteiger partial charge in [-0.3, -0.25) is 10.1 Å². The van der Waals surface area contributed by atoms with Crippen molar-refractivity contribution in [3.05, 3.63) is 59.7 Å². The Hall–Kier alpha value is -2.86. The number of amides is 2. The van der Waals surface area contributed by atoms with Crippen LogP contribution in [0.15, 0.2) is 48.5 Å². The maximum Gasteiger partial charge on any atom is 0.411 e. The van der Waals surface area contributed by atoms with Crippen LogP contribution in [-0.2, 0) is 9.47 Å². The maximum atomic E-state index is 12.2. The Morgan fingerprint density at radius 3 is 2.38 bits per heavy atom. The predicted molar refractivity (Wildman–Crippen MR) is 92.4 cm³/mol. The molecule has 0 saturated carbocycles. The Balaban J connectivity index is 1.97. The van der Waals surface area contributed by atoms with Gasteiger partial charge in [0.2, 0.25) is 0 Å². The highest BCUT2D eigenvalue weighted by atomic mass is 16.6. The fourth-order valence-electron chi connectivity index (χ4n) is 2.04. The number of anilines is 2. The SMILES string of the molecule is COCCOC(=O)Nc1cccc(NC(=O)c2cccc(C)c2)c1. The van der Waals surface area contributed by atoms with Crippen LogP contribution in [0.3, 0.4) is 0 Å². The molecule has 6 nitrogen and oxygen atoms in total. The van der Waals surface area contributed by atoms with E-state index in [1.807, 2.05) is 25.1 Å². The van der Waals surface area contributed by atoms with Gasteiger partial charge in [-0.2, -0.15) is 0 Å². The summed E-state index contributed by atoms with van der Waals surface area (Å²) in [6, 6.07) is 14.2. The Labute approximate surface area is 140 Å². The van der Waals surface area contributed by atoms with Crippen LogP contribution in [0.25, 0.3) is 0 Å². The molecule has 2 rings (SSSR count). The summed E-state index contributed by atoms with van der Waals surface area (Å²) in [5, 5.41) is 5.40. The minimum atomic E-state index is -0.575. The van der Waals surface area contributed by atoms with Gasteiger partial charge in [-0.1, -0.05) is 23.8 Å². The highest BCUT2D eigenvalue weighted by molar-refractivity contribution is 6.04. The van der Waals surface area contributed by atoms with E-state index in [2.05, 4.69) is 10.6 Å². The van der Waals surface area contributed by atoms with Crippen LogP contribution in [0.2, 0.25) is 0 Å². The molecule has 0 aliphatic carbocycles. The lowest BCUT2D eigenvalue weighted by molar-refractivity contribution is 0.102. The van der Waals surface area contributed by atoms with Gasteiger partial charge in [0.15, 0.2) is 0 Å². The number of ether oxygens (including phenoxy) is 2. The molecule has 126 valence electrons. The number of hydrogen-bond acceptors (Lipinski definition) is 4. The number of nitrogens with one attached hydrogen (secondary N) is 2. The Morgan fingerprint density at radius 1 is 0.958 bits per heavy atom. The van der Waals surface area contributed by atoms with E-state index in [-0.39, 0.29) is 12.5 Å². The molecule has 2 aromatic rings. The zero-order valence-electron chi connectivity index (χ0n) is 13.7. The fourth-order valence-corrected chi connectivity index (χ4v) is 2.04. The highest BCUT2D eigenvalue weighted by Gasteiger charge is 2.08. The van der Waals surface area contributed by atoms with Gasteiger partial charge in [0.25, 0.3) is 5.91 Å². The minimum absolute atomic E-state index is 0.173. The van der Waals surface area contributed by atoms with Crippen LogP contribution in [0.1, 0.15) is 15.9 Å². The van der Waals surface area contributed by atoms with Crippen molar-refractivity contribution in [2.75, 3.05) is 31.0 Å². The van der Waals surface area contributed by atoms with E-state index in [0.29, 0.717) is 23.5 Å². The Kier molecular flexibility index (Phi) is 6.33. The predicted octanol–water partition coefficient (Wildman–Crippen LogP) is 3.44. The van der Waals surface area contributed by atoms with Crippen molar-refractivity contribution in [3.63, 3.8) is 0 Å². The highest BCUT2D eigenvalue weighted by Crippen LogP contribution is 2.16. The second-order valence-electron chi connectivity index (χ2n) is 5.16. The van der Waals surface area contributed by atoms with Crippen LogP contribution in [0.4, 0.5) is 16.2 Å². The molecule has 0 atom stereocenters. The number of rotatable bonds is 6. The third-order valence-corrected chi connectivity index (χ3v) is 3.17. The van der Waals surface area contributed by atoms with Gasteiger partial charge < -0.3 is 14.8 Å². The van der Waals surface area contributed by atoms with Gasteiger partial charge in [0, 0.05) is 24.0 Å². The summed E-state index contributed by atoms with van der Waals surface area (Å²) in [4.78, 5) is 23.8. The van der Waals surface area contributed by atoms with Crippen molar-refractivity contribution >= 4 is 23.4 Å². The molecule has 0 bridgehead atoms. The van der Waals surface area contributed by atoms with Crippen LogP contribution in [0, 0.1) is 6.92 Å². The molecule has 0 fully saturated rings. The van der Waals surface area contributed by atoms with Gasteiger partial charge in [0.1, 0.15) is 6.61 Å². The molecule has 0 heterocycles. The van der Waals surface area contributed by atoms with Gasteiger partial charge >= 0.3 is 6.09 Å². The lowest BCUT2D eigenvalue weighted by atomic mass is 10.1. The van der Waals surface area contributed by atoms with Crippen LogP contribution < -0.4 is 10.6 Å². The molecule has 24 heavy (non-hydrogen) atoms. The molecule has 6 heteroatoms. The second-order valence-corrected chi connectivity index (χ2v) is 5.16. The van der Waals surface area contributed by atoms with Crippen molar-refractivity contribution in [3.8, 4) is 0 Å². The largest absolute Gasteiger partial charge is 0.447 e. The zero-order chi connectivity index (χ0) is 17.4. The standard InChI is InChI=1S/C18H20N2O4/c1-13-5-3-6-14(11-13)17(21)19-15-7-4-8-16(12-15)20-18(22)24-10-9-23-2/h3-8,11-12H,9-10H2,1-2H3,(H,19,21)(H,20,22). The van der Waals surface area contributed by atoms with Crippen molar-refractivity contribution < 1.29 is 19.1 Å². The lowest BCUT2D eigenvalue weighted by Gasteiger charge is -2.09. The Morgan fingerprint density at radius 2 is 1.67 bits per heavy atom. The normalized spacial score (nSPS) is 10.1. The average Bonchev–Trinajstić information content (AvgIpc) is 2.55. The van der Waals surface area contributed by atoms with Crippen LogP contribution in [-0.4, -0.2) is 32.3 Å². The van der Waals surface area contributed by atoms with Crippen molar-refractivity contribution in [1.82, 2.24) is 0 Å². The summed E-state index contributed by atoms with van der Waals surface area (Å²) in [7, 11) is 1.53. The minimum Gasteiger partial charge on any atom is -0.447 e. The number of hydrogen-bond donors (Lipinski definition) is 2. The zero-order valence-corrected chi connectivity index (χ0v) is 13.7. The third-order valence-electron chi connectivity index (χ3n) is 3.17. The number of carbonyl (C=O) groups excluding carboxylic acids is 2. The summed E-state index contributed by atoms with van der Waals surface area (Å²) < 4.78 is 9.73. The van der Waals surface area contributed by atoms with E-state index in [4.69, 9.17) is 9.47 Å². The Bertz CT molecular complexity index is 716. The maximum absolute atomic E-state index is 12.2. The summed E-state index contributed by atoms with van der Waals surface area (Å²) in [5.74, 6) is -0.210. The van der Waals surface area contributed by atoms with E-state index in [0.717, 1.165) is 5.56 Å². The monoisotopic (exact) mass is 328 g/mol. The van der Waals surface area contributed by atoms with Crippen molar-refractivity contribution in [2.45, 2.75) is 6.92 Å². The molecule has 2 aromatic carbocycles. The van der Waals surface area contributed by atoms with Crippen LogP contribution >= 0.6 is 0 Å². The fraction of sp³-hybridized carbons (Fsp3) is 0.222. The third kappa shape index (κ3) is 5.40. The molecule has 0 spiro atoms. The summed E-state index contributed by atoms with van der Waals surface area (Å²) >= 11 is 0. The average molecular weight is 328 g/mol. The van der Waals surface area contributed by atoms with E-state index in [1.54, 1.807) is 30.3 Å². The van der Waals surface area contributed by atoms with Crippen molar-refractivity contribution in [2.24, 2.45) is 0 Å². The number of carbonyl (C=O) groups is 2. The first-order valence-corrected chi connectivity index (χ1v) is 7.49. The molecule has 2 N–H and O–H groups in total. The van der Waals surface area contributed by atoms with Crippen LogP contribution in [0.5, 0.6) is 0 Å². The molecule has 0 aromatic heterocycles. The number of methoxy groups -OCH3 is 1. The first kappa shape index (κ1) is 17.5. The molecular formula is C18H20N2O4. The number of aryl methyl sites for hydroxylation is 1. The van der Waals surface area contributed by atoms with E-state index in [1.165, 1.54) is 7.11 Å². The molecule has 0 saturated heterocycles. The molecule has 2 amide bonds. The molecular weight excluding hydrogens is 308 g/mol. The van der Waals surface area contributed by atoms with E-state index >= 15 is 0 Å². The summed E-state index contributed by atoms with van der Waals surface area (Å²) in [6.45, 7) is 2.43. The molecule has 0 aliphatic rings.